The Kier molecular flexibility index (Phi) is 11.2. The van der Waals surface area contributed by atoms with Gasteiger partial charge in [0.15, 0.2) is 5.82 Å². The molecule has 0 radical (unpaired) electrons. The fourth-order valence-electron chi connectivity index (χ4n) is 3.82. The smallest absolute Gasteiger partial charge is 0.239 e. The second kappa shape index (κ2) is 14.4. The van der Waals surface area contributed by atoms with Crippen LogP contribution < -0.4 is 14.2 Å². The molecule has 1 saturated heterocycles. The van der Waals surface area contributed by atoms with Crippen LogP contribution in [0, 0.1) is 0 Å². The summed E-state index contributed by atoms with van der Waals surface area (Å²) in [7, 11) is 4.88. The van der Waals surface area contributed by atoms with Gasteiger partial charge >= 0.3 is 0 Å². The first kappa shape index (κ1) is 29.0. The van der Waals surface area contributed by atoms with E-state index in [0.29, 0.717) is 41.5 Å². The second-order valence-electron chi connectivity index (χ2n) is 8.34. The number of aromatic nitrogens is 5. The minimum atomic E-state index is -0.366. The predicted molar refractivity (Wildman–Crippen MR) is 146 cm³/mol. The molecule has 3 heterocycles. The Morgan fingerprint density at radius 1 is 1.14 bits per heavy atom. The van der Waals surface area contributed by atoms with E-state index in [1.165, 1.54) is 18.4 Å². The SMILES string of the molecule is CCC.COc1cccc(OC)c1-n1c(NSC(C)C(OC)c2ncc(Cl)cn2)nnc1C1CCOC1. The van der Waals surface area contributed by atoms with Crippen molar-refractivity contribution in [1.29, 1.82) is 0 Å². The number of methoxy groups -OCH3 is 3. The Morgan fingerprint density at radius 3 is 2.32 bits per heavy atom. The number of para-hydroxylation sites is 1. The van der Waals surface area contributed by atoms with Gasteiger partial charge in [0.2, 0.25) is 5.95 Å². The van der Waals surface area contributed by atoms with Crippen molar-refractivity contribution in [3.05, 3.63) is 47.3 Å². The standard InChI is InChI=1S/C22H27ClN6O4S.C3H8/c1-13(19(32-4)20-24-10-15(23)11-25-20)34-28-22-27-26-21(14-8-9-33-12-14)29(22)18-16(30-2)6-5-7-17(18)31-3;1-3-2/h5-7,10-11,13-14,19H,8-9,12H2,1-4H3,(H,27,28);3H2,1-2H3. The monoisotopic (exact) mass is 550 g/mol. The molecule has 3 atom stereocenters. The first-order chi connectivity index (χ1) is 18.0. The Labute approximate surface area is 227 Å². The molecule has 12 heteroatoms. The number of halogens is 1. The summed E-state index contributed by atoms with van der Waals surface area (Å²) in [4.78, 5) is 8.61. The van der Waals surface area contributed by atoms with Crippen LogP contribution in [-0.4, -0.2) is 64.5 Å². The molecule has 1 aliphatic heterocycles. The van der Waals surface area contributed by atoms with E-state index in [1.807, 2.05) is 29.7 Å². The highest BCUT2D eigenvalue weighted by molar-refractivity contribution is 8.01. The molecule has 0 aliphatic carbocycles. The molecule has 1 N–H and O–H groups in total. The van der Waals surface area contributed by atoms with E-state index in [2.05, 4.69) is 38.7 Å². The molecule has 202 valence electrons. The zero-order chi connectivity index (χ0) is 26.8. The second-order valence-corrected chi connectivity index (χ2v) is 9.96. The lowest BCUT2D eigenvalue weighted by Crippen LogP contribution is -2.19. The number of anilines is 1. The molecular weight excluding hydrogens is 516 g/mol. The lowest BCUT2D eigenvalue weighted by atomic mass is 10.1. The van der Waals surface area contributed by atoms with Crippen molar-refractivity contribution in [2.75, 3.05) is 39.3 Å². The van der Waals surface area contributed by atoms with E-state index in [4.69, 9.17) is 30.5 Å². The van der Waals surface area contributed by atoms with Gasteiger partial charge in [-0.2, -0.15) is 0 Å². The zero-order valence-corrected chi connectivity index (χ0v) is 23.7. The van der Waals surface area contributed by atoms with Gasteiger partial charge in [-0.15, -0.1) is 10.2 Å². The Bertz CT molecular complexity index is 1090. The summed E-state index contributed by atoms with van der Waals surface area (Å²) in [5, 5.41) is 9.36. The number of ether oxygens (including phenoxy) is 4. The first-order valence-corrected chi connectivity index (χ1v) is 13.4. The van der Waals surface area contributed by atoms with Crippen LogP contribution >= 0.6 is 23.5 Å². The average molecular weight is 551 g/mol. The molecule has 1 fully saturated rings. The van der Waals surface area contributed by atoms with Crippen LogP contribution in [0.5, 0.6) is 11.5 Å². The summed E-state index contributed by atoms with van der Waals surface area (Å²) in [6.07, 6.45) is 4.86. The third kappa shape index (κ3) is 7.04. The Morgan fingerprint density at radius 2 is 1.78 bits per heavy atom. The lowest BCUT2D eigenvalue weighted by molar-refractivity contribution is 0.0972. The lowest BCUT2D eigenvalue weighted by Gasteiger charge is -2.22. The maximum absolute atomic E-state index is 5.93. The third-order valence-corrected chi connectivity index (χ3v) is 6.63. The van der Waals surface area contributed by atoms with Crippen molar-refractivity contribution in [3.63, 3.8) is 0 Å². The predicted octanol–water partition coefficient (Wildman–Crippen LogP) is 5.48. The average Bonchev–Trinajstić information content (AvgIpc) is 3.59. The molecule has 1 aliphatic rings. The van der Waals surface area contributed by atoms with Crippen molar-refractivity contribution in [1.82, 2.24) is 24.7 Å². The van der Waals surface area contributed by atoms with E-state index >= 15 is 0 Å². The molecule has 0 bridgehead atoms. The fourth-order valence-corrected chi connectivity index (χ4v) is 4.70. The summed E-state index contributed by atoms with van der Waals surface area (Å²) < 4.78 is 27.9. The van der Waals surface area contributed by atoms with Crippen LogP contribution in [0.25, 0.3) is 5.69 Å². The molecule has 1 aromatic carbocycles. The van der Waals surface area contributed by atoms with Gasteiger partial charge in [-0.25, -0.2) is 9.97 Å². The summed E-state index contributed by atoms with van der Waals surface area (Å²) in [6, 6.07) is 5.64. The highest BCUT2D eigenvalue weighted by Gasteiger charge is 2.30. The molecule has 0 spiro atoms. The Balaban J connectivity index is 0.00000121. The van der Waals surface area contributed by atoms with Gasteiger partial charge in [0, 0.05) is 32.0 Å². The molecule has 4 rings (SSSR count). The number of nitrogens with one attached hydrogen (secondary N) is 1. The largest absolute Gasteiger partial charge is 0.494 e. The van der Waals surface area contributed by atoms with Gasteiger partial charge in [0.25, 0.3) is 0 Å². The van der Waals surface area contributed by atoms with Crippen molar-refractivity contribution < 1.29 is 18.9 Å². The maximum atomic E-state index is 5.93. The van der Waals surface area contributed by atoms with Gasteiger partial charge in [0.1, 0.15) is 29.1 Å². The van der Waals surface area contributed by atoms with Crippen molar-refractivity contribution >= 4 is 29.5 Å². The molecule has 3 aromatic rings. The van der Waals surface area contributed by atoms with E-state index in [0.717, 1.165) is 17.9 Å². The van der Waals surface area contributed by atoms with Crippen LogP contribution in [0.4, 0.5) is 5.95 Å². The van der Waals surface area contributed by atoms with E-state index in [1.54, 1.807) is 33.7 Å². The van der Waals surface area contributed by atoms with Crippen LogP contribution in [0.2, 0.25) is 5.02 Å². The minimum absolute atomic E-state index is 0.0749. The first-order valence-electron chi connectivity index (χ1n) is 12.1. The number of benzene rings is 1. The van der Waals surface area contributed by atoms with Gasteiger partial charge in [-0.3, -0.25) is 9.29 Å². The number of hydrogen-bond acceptors (Lipinski definition) is 10. The van der Waals surface area contributed by atoms with E-state index in [9.17, 15) is 0 Å². The molecular formula is C25H35ClN6O4S. The van der Waals surface area contributed by atoms with Crippen LogP contribution in [0.3, 0.4) is 0 Å². The highest BCUT2D eigenvalue weighted by atomic mass is 35.5. The van der Waals surface area contributed by atoms with Gasteiger partial charge in [-0.05, 0) is 37.4 Å². The molecule has 10 nitrogen and oxygen atoms in total. The van der Waals surface area contributed by atoms with E-state index < -0.39 is 0 Å². The molecule has 37 heavy (non-hydrogen) atoms. The van der Waals surface area contributed by atoms with Crippen molar-refractivity contribution in [2.24, 2.45) is 0 Å². The normalized spacial score (nSPS) is 16.5. The molecule has 0 amide bonds. The van der Waals surface area contributed by atoms with Gasteiger partial charge < -0.3 is 18.9 Å². The van der Waals surface area contributed by atoms with Crippen molar-refractivity contribution in [3.8, 4) is 17.2 Å². The topological polar surface area (TPSA) is 105 Å². The Hall–Kier alpha value is -2.60. The maximum Gasteiger partial charge on any atom is 0.239 e. The molecule has 0 saturated carbocycles. The van der Waals surface area contributed by atoms with Crippen LogP contribution in [0.1, 0.15) is 57.3 Å². The zero-order valence-electron chi connectivity index (χ0n) is 22.1. The fraction of sp³-hybridized carbons (Fsp3) is 0.520. The minimum Gasteiger partial charge on any atom is -0.494 e. The van der Waals surface area contributed by atoms with Crippen LogP contribution in [-0.2, 0) is 9.47 Å². The quantitative estimate of drug-likeness (QED) is 0.326. The van der Waals surface area contributed by atoms with Gasteiger partial charge in [-0.1, -0.05) is 37.9 Å². The number of nitrogens with zero attached hydrogens (tertiary/aromatic N) is 5. The number of hydrogen-bond donors (Lipinski definition) is 1. The molecule has 2 aromatic heterocycles. The van der Waals surface area contributed by atoms with Crippen molar-refractivity contribution in [2.45, 2.75) is 50.9 Å². The molecule has 3 unspecified atom stereocenters. The van der Waals surface area contributed by atoms with Crippen LogP contribution in [0.15, 0.2) is 30.6 Å². The highest BCUT2D eigenvalue weighted by Crippen LogP contribution is 2.39. The van der Waals surface area contributed by atoms with E-state index in [-0.39, 0.29) is 17.3 Å². The summed E-state index contributed by atoms with van der Waals surface area (Å²) >= 11 is 7.36. The summed E-state index contributed by atoms with van der Waals surface area (Å²) in [5.74, 6) is 3.25. The van der Waals surface area contributed by atoms with Gasteiger partial charge in [0.05, 0.1) is 31.1 Å². The third-order valence-electron chi connectivity index (χ3n) is 5.52. The number of rotatable bonds is 10. The summed E-state index contributed by atoms with van der Waals surface area (Å²) in [5.41, 5.74) is 0.722. The summed E-state index contributed by atoms with van der Waals surface area (Å²) in [6.45, 7) is 7.53.